The van der Waals surface area contributed by atoms with Gasteiger partial charge in [-0.3, -0.25) is 0 Å². The molecule has 3 rings (SSSR count). The molecule has 0 aromatic carbocycles. The summed E-state index contributed by atoms with van der Waals surface area (Å²) in [5, 5.41) is 0. The number of hydrogen-bond donors (Lipinski definition) is 1. The van der Waals surface area contributed by atoms with E-state index >= 15 is 0 Å². The normalized spacial score (nSPS) is 25.8. The van der Waals surface area contributed by atoms with E-state index in [4.69, 9.17) is 10.2 Å². The van der Waals surface area contributed by atoms with Gasteiger partial charge < -0.3 is 10.2 Å². The van der Waals surface area contributed by atoms with E-state index < -0.39 is 0 Å². The van der Waals surface area contributed by atoms with E-state index in [0.717, 1.165) is 24.4 Å². The van der Waals surface area contributed by atoms with Gasteiger partial charge in [-0.1, -0.05) is 0 Å². The van der Waals surface area contributed by atoms with Gasteiger partial charge in [0.05, 0.1) is 11.2 Å². The van der Waals surface area contributed by atoms with Crippen molar-refractivity contribution in [2.75, 3.05) is 0 Å². The van der Waals surface area contributed by atoms with Crippen LogP contribution < -0.4 is 5.73 Å². The highest BCUT2D eigenvalue weighted by atomic mass is 16.3. The van der Waals surface area contributed by atoms with Crippen LogP contribution in [0, 0.1) is 0 Å². The molecular formula is C9H12N2O. The molecule has 1 aromatic heterocycles. The first-order valence-corrected chi connectivity index (χ1v) is 4.53. The van der Waals surface area contributed by atoms with Crippen molar-refractivity contribution >= 4 is 0 Å². The zero-order valence-electron chi connectivity index (χ0n) is 6.92. The molecule has 2 N–H and O–H groups in total. The molecule has 1 aromatic rings. The third-order valence-electron chi connectivity index (χ3n) is 2.75. The third-order valence-corrected chi connectivity index (χ3v) is 2.75. The number of oxazole rings is 1. The summed E-state index contributed by atoms with van der Waals surface area (Å²) in [4.78, 5) is 4.41. The van der Waals surface area contributed by atoms with Crippen LogP contribution in [-0.2, 0) is 5.54 Å². The smallest absolute Gasteiger partial charge is 0.197 e. The van der Waals surface area contributed by atoms with Crippen LogP contribution >= 0.6 is 0 Å². The first-order valence-electron chi connectivity index (χ1n) is 4.53. The summed E-state index contributed by atoms with van der Waals surface area (Å²) in [7, 11) is 0. The largest absolute Gasteiger partial charge is 0.448 e. The van der Waals surface area contributed by atoms with Gasteiger partial charge in [-0.2, -0.15) is 0 Å². The number of rotatable bonds is 2. The molecule has 0 amide bonds. The van der Waals surface area contributed by atoms with Crippen LogP contribution in [0.2, 0.25) is 0 Å². The van der Waals surface area contributed by atoms with Gasteiger partial charge in [-0.05, 0) is 25.7 Å². The highest BCUT2D eigenvalue weighted by molar-refractivity contribution is 5.20. The molecule has 3 nitrogen and oxygen atoms in total. The molecule has 2 aliphatic carbocycles. The van der Waals surface area contributed by atoms with Crippen LogP contribution in [-0.4, -0.2) is 4.98 Å². The Morgan fingerprint density at radius 2 is 2.25 bits per heavy atom. The van der Waals surface area contributed by atoms with Crippen LogP contribution in [0.5, 0.6) is 0 Å². The van der Waals surface area contributed by atoms with Crippen molar-refractivity contribution in [3.8, 4) is 0 Å². The van der Waals surface area contributed by atoms with Crippen molar-refractivity contribution in [3.05, 3.63) is 17.8 Å². The van der Waals surface area contributed by atoms with Gasteiger partial charge in [0.15, 0.2) is 5.89 Å². The number of hydrogen-bond acceptors (Lipinski definition) is 3. The lowest BCUT2D eigenvalue weighted by Crippen LogP contribution is -2.18. The Morgan fingerprint density at radius 1 is 1.50 bits per heavy atom. The first kappa shape index (κ1) is 6.66. The first-order chi connectivity index (χ1) is 5.78. The summed E-state index contributed by atoms with van der Waals surface area (Å²) >= 11 is 0. The summed E-state index contributed by atoms with van der Waals surface area (Å²) in [6.45, 7) is 0. The minimum atomic E-state index is -0.128. The lowest BCUT2D eigenvalue weighted by molar-refractivity contribution is 0.496. The lowest BCUT2D eigenvalue weighted by Gasteiger charge is -1.99. The Balaban J connectivity index is 1.91. The van der Waals surface area contributed by atoms with Gasteiger partial charge in [-0.25, -0.2) is 4.98 Å². The average Bonchev–Trinajstić information content (AvgIpc) is 2.97. The zero-order valence-corrected chi connectivity index (χ0v) is 6.92. The molecule has 0 unspecified atom stereocenters. The fourth-order valence-electron chi connectivity index (χ4n) is 1.42. The summed E-state index contributed by atoms with van der Waals surface area (Å²) in [6.07, 6.45) is 6.32. The van der Waals surface area contributed by atoms with E-state index in [9.17, 15) is 0 Å². The van der Waals surface area contributed by atoms with Crippen LogP contribution in [0.25, 0.3) is 0 Å². The molecular weight excluding hydrogens is 152 g/mol. The quantitative estimate of drug-likeness (QED) is 0.720. The molecule has 2 fully saturated rings. The Hall–Kier alpha value is -0.830. The van der Waals surface area contributed by atoms with Crippen LogP contribution in [0.3, 0.4) is 0 Å². The second-order valence-electron chi connectivity index (χ2n) is 4.00. The SMILES string of the molecule is NC1(c2coc(C3CC3)n2)CC1. The Kier molecular flexibility index (Phi) is 1.06. The molecule has 0 radical (unpaired) electrons. The van der Waals surface area contributed by atoms with Gasteiger partial charge in [0.2, 0.25) is 0 Å². The fraction of sp³-hybridized carbons (Fsp3) is 0.667. The summed E-state index contributed by atoms with van der Waals surface area (Å²) in [5.74, 6) is 1.50. The fourth-order valence-corrected chi connectivity index (χ4v) is 1.42. The molecule has 3 heteroatoms. The van der Waals surface area contributed by atoms with E-state index in [0.29, 0.717) is 5.92 Å². The van der Waals surface area contributed by atoms with Crippen LogP contribution in [0.15, 0.2) is 10.7 Å². The maximum absolute atomic E-state index is 5.98. The molecule has 64 valence electrons. The molecule has 12 heavy (non-hydrogen) atoms. The molecule has 1 heterocycles. The predicted molar refractivity (Wildman–Crippen MR) is 43.6 cm³/mol. The predicted octanol–water partition coefficient (Wildman–Crippen LogP) is 1.50. The second-order valence-corrected chi connectivity index (χ2v) is 4.00. The summed E-state index contributed by atoms with van der Waals surface area (Å²) in [5.41, 5.74) is 6.81. The monoisotopic (exact) mass is 164 g/mol. The maximum atomic E-state index is 5.98. The van der Waals surface area contributed by atoms with Crippen LogP contribution in [0.4, 0.5) is 0 Å². The van der Waals surface area contributed by atoms with Crippen molar-refractivity contribution in [1.29, 1.82) is 0 Å². The average molecular weight is 164 g/mol. The minimum Gasteiger partial charge on any atom is -0.448 e. The van der Waals surface area contributed by atoms with Gasteiger partial charge >= 0.3 is 0 Å². The maximum Gasteiger partial charge on any atom is 0.197 e. The molecule has 2 saturated carbocycles. The van der Waals surface area contributed by atoms with E-state index in [1.54, 1.807) is 6.26 Å². The highest BCUT2D eigenvalue weighted by Crippen LogP contribution is 2.45. The van der Waals surface area contributed by atoms with E-state index in [2.05, 4.69) is 4.98 Å². The van der Waals surface area contributed by atoms with Gasteiger partial charge in [-0.15, -0.1) is 0 Å². The standard InChI is InChI=1S/C9H12N2O/c10-9(3-4-9)7-5-12-8(11-7)6-1-2-6/h5-6H,1-4,10H2. The van der Waals surface area contributed by atoms with Gasteiger partial charge in [0.25, 0.3) is 0 Å². The third kappa shape index (κ3) is 0.894. The molecule has 0 atom stereocenters. The second kappa shape index (κ2) is 1.91. The Labute approximate surface area is 71.0 Å². The topological polar surface area (TPSA) is 52.0 Å². The van der Waals surface area contributed by atoms with Crippen LogP contribution in [0.1, 0.15) is 43.2 Å². The minimum absolute atomic E-state index is 0.128. The van der Waals surface area contributed by atoms with Crippen molar-refractivity contribution in [3.63, 3.8) is 0 Å². The molecule has 0 bridgehead atoms. The Bertz CT molecular complexity index is 310. The number of nitrogens with two attached hydrogens (primary N) is 1. The molecule has 0 aliphatic heterocycles. The van der Waals surface area contributed by atoms with E-state index in [1.165, 1.54) is 12.8 Å². The van der Waals surface area contributed by atoms with Crippen molar-refractivity contribution in [2.45, 2.75) is 37.1 Å². The van der Waals surface area contributed by atoms with Crippen molar-refractivity contribution in [1.82, 2.24) is 4.98 Å². The van der Waals surface area contributed by atoms with E-state index in [-0.39, 0.29) is 5.54 Å². The van der Waals surface area contributed by atoms with Gasteiger partial charge in [0, 0.05) is 5.92 Å². The molecule has 0 saturated heterocycles. The highest BCUT2D eigenvalue weighted by Gasteiger charge is 2.43. The van der Waals surface area contributed by atoms with Crippen molar-refractivity contribution in [2.24, 2.45) is 5.73 Å². The molecule has 0 spiro atoms. The summed E-state index contributed by atoms with van der Waals surface area (Å²) in [6, 6.07) is 0. The van der Waals surface area contributed by atoms with E-state index in [1.807, 2.05) is 0 Å². The molecule has 2 aliphatic rings. The Morgan fingerprint density at radius 3 is 2.83 bits per heavy atom. The van der Waals surface area contributed by atoms with Crippen molar-refractivity contribution < 1.29 is 4.42 Å². The number of nitrogens with zero attached hydrogens (tertiary/aromatic N) is 1. The zero-order chi connectivity index (χ0) is 8.18. The number of aromatic nitrogens is 1. The van der Waals surface area contributed by atoms with Gasteiger partial charge in [0.1, 0.15) is 6.26 Å². The lowest BCUT2D eigenvalue weighted by atomic mass is 10.2. The summed E-state index contributed by atoms with van der Waals surface area (Å²) < 4.78 is 5.36.